The Kier molecular flexibility index (Phi) is 4.92. The van der Waals surface area contributed by atoms with Gasteiger partial charge in [0.25, 0.3) is 0 Å². The molecule has 1 aliphatic heterocycles. The van der Waals surface area contributed by atoms with E-state index in [4.69, 9.17) is 31.0 Å². The number of halogens is 1. The Morgan fingerprint density at radius 1 is 1.00 bits per heavy atom. The number of fused-ring (bicyclic) bond motifs is 2. The van der Waals surface area contributed by atoms with Crippen LogP contribution in [-0.4, -0.2) is 16.8 Å². The van der Waals surface area contributed by atoms with E-state index in [9.17, 15) is 0 Å². The lowest BCUT2D eigenvalue weighted by Gasteiger charge is -2.25. The monoisotopic (exact) mass is 409 g/mol. The van der Waals surface area contributed by atoms with E-state index >= 15 is 0 Å². The normalized spacial score (nSPS) is 20.8. The fraction of sp³-hybridized carbons (Fsp3) is 0.391. The molecule has 0 bridgehead atoms. The number of anilines is 1. The maximum atomic E-state index is 6.26. The Hall–Kier alpha value is -2.53. The highest BCUT2D eigenvalue weighted by Gasteiger charge is 2.23. The highest BCUT2D eigenvalue weighted by Crippen LogP contribution is 2.36. The van der Waals surface area contributed by atoms with Crippen molar-refractivity contribution >= 4 is 28.3 Å². The van der Waals surface area contributed by atoms with Crippen LogP contribution in [0.4, 0.5) is 5.82 Å². The third-order valence-electron chi connectivity index (χ3n) is 5.95. The van der Waals surface area contributed by atoms with Crippen LogP contribution in [0, 0.1) is 5.92 Å². The fourth-order valence-electron chi connectivity index (χ4n) is 4.19. The fourth-order valence-corrected chi connectivity index (χ4v) is 4.36. The summed E-state index contributed by atoms with van der Waals surface area (Å²) in [6.07, 6.45) is 4.79. The van der Waals surface area contributed by atoms with Crippen LogP contribution in [0.1, 0.15) is 49.9 Å². The van der Waals surface area contributed by atoms with Crippen LogP contribution >= 0.6 is 11.6 Å². The van der Waals surface area contributed by atoms with Crippen LogP contribution in [0.5, 0.6) is 11.5 Å². The molecule has 2 aliphatic rings. The molecule has 1 fully saturated rings. The number of rotatable bonds is 4. The van der Waals surface area contributed by atoms with Gasteiger partial charge in [-0.25, -0.2) is 9.97 Å². The number of benzene rings is 2. The van der Waals surface area contributed by atoms with E-state index in [1.54, 1.807) is 0 Å². The van der Waals surface area contributed by atoms with E-state index in [1.165, 1.54) is 12.8 Å². The van der Waals surface area contributed by atoms with Gasteiger partial charge in [0.1, 0.15) is 11.6 Å². The molecule has 3 aromatic rings. The Balaban J connectivity index is 1.45. The smallest absolute Gasteiger partial charge is 0.231 e. The molecule has 0 spiro atoms. The zero-order chi connectivity index (χ0) is 19.8. The van der Waals surface area contributed by atoms with Crippen LogP contribution in [0.3, 0.4) is 0 Å². The number of nitrogens with one attached hydrogen (secondary N) is 1. The molecule has 1 aliphatic carbocycles. The van der Waals surface area contributed by atoms with Crippen LogP contribution in [0.25, 0.3) is 10.9 Å². The Morgan fingerprint density at radius 2 is 1.83 bits per heavy atom. The summed E-state index contributed by atoms with van der Waals surface area (Å²) in [6.45, 7) is 3.25. The van der Waals surface area contributed by atoms with Crippen molar-refractivity contribution in [1.82, 2.24) is 9.97 Å². The summed E-state index contributed by atoms with van der Waals surface area (Å²) >= 11 is 6.26. The van der Waals surface area contributed by atoms with Crippen LogP contribution < -0.4 is 14.8 Å². The summed E-state index contributed by atoms with van der Waals surface area (Å²) in [7, 11) is 0. The molecule has 1 aromatic heterocycles. The van der Waals surface area contributed by atoms with E-state index in [-0.39, 0.29) is 6.79 Å². The number of hydrogen-bond donors (Lipinski definition) is 1. The third kappa shape index (κ3) is 3.84. The summed E-state index contributed by atoms with van der Waals surface area (Å²) in [5.41, 5.74) is 2.04. The van der Waals surface area contributed by atoms with Crippen molar-refractivity contribution in [2.45, 2.75) is 45.1 Å². The van der Waals surface area contributed by atoms with Gasteiger partial charge in [-0.3, -0.25) is 0 Å². The first-order chi connectivity index (χ1) is 14.2. The molecular formula is C23H24ClN3O2. The maximum Gasteiger partial charge on any atom is 0.231 e. The van der Waals surface area contributed by atoms with Crippen LogP contribution in [0.2, 0.25) is 5.02 Å². The molecular weight excluding hydrogens is 386 g/mol. The lowest BCUT2D eigenvalue weighted by atomic mass is 9.82. The first kappa shape index (κ1) is 18.5. The minimum atomic E-state index is 0.282. The van der Waals surface area contributed by atoms with Crippen molar-refractivity contribution in [2.24, 2.45) is 5.92 Å². The van der Waals surface area contributed by atoms with Gasteiger partial charge >= 0.3 is 0 Å². The summed E-state index contributed by atoms with van der Waals surface area (Å²) in [5, 5.41) is 5.14. The average molecular weight is 410 g/mol. The highest BCUT2D eigenvalue weighted by atomic mass is 35.5. The second-order valence-electron chi connectivity index (χ2n) is 8.09. The number of aromatic nitrogens is 2. The van der Waals surface area contributed by atoms with Gasteiger partial charge in [-0.1, -0.05) is 37.4 Å². The van der Waals surface area contributed by atoms with Gasteiger partial charge in [-0.05, 0) is 54.7 Å². The average Bonchev–Trinajstić information content (AvgIpc) is 3.20. The molecule has 5 rings (SSSR count). The van der Waals surface area contributed by atoms with Crippen LogP contribution in [0.15, 0.2) is 36.4 Å². The molecule has 150 valence electrons. The molecule has 6 heteroatoms. The summed E-state index contributed by atoms with van der Waals surface area (Å²) in [6, 6.07) is 11.8. The van der Waals surface area contributed by atoms with E-state index in [0.717, 1.165) is 58.4 Å². The predicted molar refractivity (Wildman–Crippen MR) is 115 cm³/mol. The van der Waals surface area contributed by atoms with Crippen molar-refractivity contribution < 1.29 is 9.47 Å². The predicted octanol–water partition coefficient (Wildman–Crippen LogP) is 5.92. The third-order valence-corrected chi connectivity index (χ3v) is 6.19. The molecule has 2 heterocycles. The first-order valence-corrected chi connectivity index (χ1v) is 10.6. The molecule has 0 amide bonds. The van der Waals surface area contributed by atoms with Gasteiger partial charge in [0.05, 0.1) is 5.52 Å². The minimum Gasteiger partial charge on any atom is -0.454 e. The molecule has 5 nitrogen and oxygen atoms in total. The molecule has 0 saturated heterocycles. The van der Waals surface area contributed by atoms with Crippen molar-refractivity contribution in [1.29, 1.82) is 0 Å². The second-order valence-corrected chi connectivity index (χ2v) is 8.53. The zero-order valence-corrected chi connectivity index (χ0v) is 17.2. The van der Waals surface area contributed by atoms with E-state index in [2.05, 4.69) is 12.2 Å². The molecule has 0 atom stereocenters. The van der Waals surface area contributed by atoms with E-state index < -0.39 is 0 Å². The van der Waals surface area contributed by atoms with Crippen LogP contribution in [-0.2, 0) is 6.54 Å². The SMILES string of the molecule is CC1CCC(c2nc(NCc3ccc4c(c3)OCO4)c3cc(Cl)ccc3n2)CC1. The van der Waals surface area contributed by atoms with Crippen molar-refractivity contribution in [2.75, 3.05) is 12.1 Å². The van der Waals surface area contributed by atoms with Crippen molar-refractivity contribution in [3.63, 3.8) is 0 Å². The van der Waals surface area contributed by atoms with Gasteiger partial charge < -0.3 is 14.8 Å². The number of hydrogen-bond acceptors (Lipinski definition) is 5. The summed E-state index contributed by atoms with van der Waals surface area (Å²) < 4.78 is 10.9. The second kappa shape index (κ2) is 7.71. The molecule has 1 saturated carbocycles. The zero-order valence-electron chi connectivity index (χ0n) is 16.5. The van der Waals surface area contributed by atoms with Crippen molar-refractivity contribution in [3.8, 4) is 11.5 Å². The molecule has 2 aromatic carbocycles. The van der Waals surface area contributed by atoms with Gasteiger partial charge in [-0.15, -0.1) is 0 Å². The minimum absolute atomic E-state index is 0.282. The number of nitrogens with zero attached hydrogens (tertiary/aromatic N) is 2. The highest BCUT2D eigenvalue weighted by molar-refractivity contribution is 6.31. The summed E-state index contributed by atoms with van der Waals surface area (Å²) in [4.78, 5) is 9.82. The summed E-state index contributed by atoms with van der Waals surface area (Å²) in [5.74, 6) is 4.59. The van der Waals surface area contributed by atoms with Gasteiger partial charge in [0.15, 0.2) is 11.5 Å². The molecule has 29 heavy (non-hydrogen) atoms. The standard InChI is InChI=1S/C23H24ClN3O2/c1-14-2-5-16(6-3-14)22-26-19-8-7-17(24)11-18(19)23(27-22)25-12-15-4-9-20-21(10-15)29-13-28-20/h4,7-11,14,16H,2-3,5-6,12-13H2,1H3,(H,25,26,27). The Bertz CT molecular complexity index is 1050. The molecule has 0 unspecified atom stereocenters. The number of ether oxygens (including phenoxy) is 2. The van der Waals surface area contributed by atoms with E-state index in [1.807, 2.05) is 36.4 Å². The molecule has 0 radical (unpaired) electrons. The van der Waals surface area contributed by atoms with E-state index in [0.29, 0.717) is 17.5 Å². The Labute approximate surface area is 175 Å². The van der Waals surface area contributed by atoms with Gasteiger partial charge in [0.2, 0.25) is 6.79 Å². The maximum absolute atomic E-state index is 6.26. The Morgan fingerprint density at radius 3 is 2.69 bits per heavy atom. The topological polar surface area (TPSA) is 56.3 Å². The van der Waals surface area contributed by atoms with Gasteiger partial charge in [-0.2, -0.15) is 0 Å². The largest absolute Gasteiger partial charge is 0.454 e. The first-order valence-electron chi connectivity index (χ1n) is 10.3. The van der Waals surface area contributed by atoms with Gasteiger partial charge in [0, 0.05) is 22.9 Å². The lowest BCUT2D eigenvalue weighted by Crippen LogP contribution is -2.15. The molecule has 1 N–H and O–H groups in total. The lowest BCUT2D eigenvalue weighted by molar-refractivity contribution is 0.174. The van der Waals surface area contributed by atoms with Crippen molar-refractivity contribution in [3.05, 3.63) is 52.8 Å². The quantitative estimate of drug-likeness (QED) is 0.579.